The molecule has 0 spiro atoms. The highest BCUT2D eigenvalue weighted by Gasteiger charge is 2.48. The van der Waals surface area contributed by atoms with Crippen molar-refractivity contribution >= 4 is 44.1 Å². The number of thiazole rings is 1. The first-order valence-corrected chi connectivity index (χ1v) is 13.7. The molecule has 2 atom stereocenters. The predicted octanol–water partition coefficient (Wildman–Crippen LogP) is 5.88. The lowest BCUT2D eigenvalue weighted by Gasteiger charge is -2.23. The van der Waals surface area contributed by atoms with Crippen LogP contribution in [0.4, 0.5) is 5.13 Å². The van der Waals surface area contributed by atoms with Crippen molar-refractivity contribution in [3.63, 3.8) is 0 Å². The number of carbonyl (C=O) groups excluding carboxylic acids is 2. The van der Waals surface area contributed by atoms with E-state index < -0.39 is 17.7 Å². The number of ether oxygens (including phenoxy) is 3. The van der Waals surface area contributed by atoms with Gasteiger partial charge in [0.25, 0.3) is 5.78 Å². The zero-order valence-electron chi connectivity index (χ0n) is 22.8. The molecule has 0 saturated carbocycles. The first-order valence-electron chi connectivity index (χ1n) is 12.9. The van der Waals surface area contributed by atoms with Gasteiger partial charge in [0.15, 0.2) is 16.6 Å². The Labute approximate surface area is 235 Å². The van der Waals surface area contributed by atoms with Gasteiger partial charge in [-0.25, -0.2) is 4.98 Å². The first kappa shape index (κ1) is 25.9. The van der Waals surface area contributed by atoms with Crippen molar-refractivity contribution < 1.29 is 28.9 Å². The number of aromatic nitrogens is 1. The number of aliphatic hydroxyl groups excluding tert-OH is 1. The van der Waals surface area contributed by atoms with Gasteiger partial charge < -0.3 is 19.3 Å². The molecule has 8 nitrogen and oxygen atoms in total. The maximum absolute atomic E-state index is 13.7. The quantitative estimate of drug-likeness (QED) is 0.186. The molecular weight excluding hydrogens is 528 g/mol. The summed E-state index contributed by atoms with van der Waals surface area (Å²) < 4.78 is 17.7. The molecule has 3 heterocycles. The molecule has 0 aliphatic carbocycles. The van der Waals surface area contributed by atoms with Gasteiger partial charge in [0.1, 0.15) is 17.6 Å². The van der Waals surface area contributed by atoms with Crippen molar-refractivity contribution in [2.45, 2.75) is 39.3 Å². The van der Waals surface area contributed by atoms with Crippen LogP contribution in [-0.4, -0.2) is 42.1 Å². The van der Waals surface area contributed by atoms with Crippen molar-refractivity contribution in [1.82, 2.24) is 4.98 Å². The van der Waals surface area contributed by atoms with Crippen LogP contribution < -0.4 is 19.1 Å². The van der Waals surface area contributed by atoms with E-state index in [4.69, 9.17) is 19.2 Å². The van der Waals surface area contributed by atoms with Crippen LogP contribution in [0.15, 0.2) is 54.1 Å². The molecule has 1 amide bonds. The Bertz CT molecular complexity index is 1740. The number of anilines is 1. The summed E-state index contributed by atoms with van der Waals surface area (Å²) in [5.74, 6) is -0.105. The van der Waals surface area contributed by atoms with E-state index in [-0.39, 0.29) is 17.4 Å². The number of carbonyl (C=O) groups is 2. The number of benzene rings is 3. The average molecular weight is 557 g/mol. The highest BCUT2D eigenvalue weighted by molar-refractivity contribution is 7.22. The van der Waals surface area contributed by atoms with Crippen LogP contribution in [-0.2, 0) is 16.0 Å². The molecule has 1 fully saturated rings. The number of aliphatic hydroxyl groups is 1. The monoisotopic (exact) mass is 556 g/mol. The first-order chi connectivity index (χ1) is 19.2. The second kappa shape index (κ2) is 9.67. The van der Waals surface area contributed by atoms with Crippen LogP contribution in [0.1, 0.15) is 40.8 Å². The van der Waals surface area contributed by atoms with E-state index in [0.717, 1.165) is 32.7 Å². The standard InChI is InChI=1S/C31H28N2O6S/c1-15-10-16(2)26-24(11-15)40-31(32-26)33-27(18-6-9-22(37-4)23(14-18)38-5)25(29(35)30(33)36)28(34)19-7-8-21-20(13-19)12-17(3)39-21/h6-11,13-14,17,27,34H,12H2,1-5H3/b28-25+. The molecule has 9 heteroatoms. The molecule has 2 aliphatic heterocycles. The van der Waals surface area contributed by atoms with Crippen LogP contribution in [0.25, 0.3) is 16.0 Å². The largest absolute Gasteiger partial charge is 0.507 e. The Morgan fingerprint density at radius 2 is 1.82 bits per heavy atom. The normalized spacial score (nSPS) is 19.7. The third kappa shape index (κ3) is 4.08. The van der Waals surface area contributed by atoms with Gasteiger partial charge in [-0.15, -0.1) is 0 Å². The topological polar surface area (TPSA) is 98.2 Å². The van der Waals surface area contributed by atoms with E-state index in [2.05, 4.69) is 0 Å². The molecule has 3 aromatic carbocycles. The summed E-state index contributed by atoms with van der Waals surface area (Å²) in [5.41, 5.74) is 4.76. The van der Waals surface area contributed by atoms with Crippen LogP contribution in [0.5, 0.6) is 17.2 Å². The molecule has 0 bridgehead atoms. The molecule has 1 N–H and O–H groups in total. The van der Waals surface area contributed by atoms with E-state index in [0.29, 0.717) is 34.2 Å². The van der Waals surface area contributed by atoms with Crippen molar-refractivity contribution in [2.75, 3.05) is 19.1 Å². The van der Waals surface area contributed by atoms with Crippen molar-refractivity contribution in [1.29, 1.82) is 0 Å². The van der Waals surface area contributed by atoms with Crippen molar-refractivity contribution in [3.8, 4) is 17.2 Å². The number of rotatable bonds is 5. The lowest BCUT2D eigenvalue weighted by atomic mass is 9.94. The predicted molar refractivity (Wildman–Crippen MR) is 154 cm³/mol. The summed E-state index contributed by atoms with van der Waals surface area (Å²) in [6.45, 7) is 5.95. The van der Waals surface area contributed by atoms with Crippen molar-refractivity contribution in [2.24, 2.45) is 0 Å². The molecule has 204 valence electrons. The Morgan fingerprint density at radius 1 is 1.05 bits per heavy atom. The lowest BCUT2D eigenvalue weighted by Crippen LogP contribution is -2.29. The number of methoxy groups -OCH3 is 2. The van der Waals surface area contributed by atoms with E-state index >= 15 is 0 Å². The van der Waals surface area contributed by atoms with E-state index in [1.54, 1.807) is 30.3 Å². The van der Waals surface area contributed by atoms with Crippen LogP contribution >= 0.6 is 11.3 Å². The SMILES string of the molecule is COc1ccc(C2/C(=C(\O)c3ccc4c(c3)CC(C)O4)C(=O)C(=O)N2c2nc3c(C)cc(C)cc3s2)cc1OC. The minimum Gasteiger partial charge on any atom is -0.507 e. The Balaban J connectivity index is 1.57. The molecule has 2 unspecified atom stereocenters. The van der Waals surface area contributed by atoms with Crippen LogP contribution in [0.3, 0.4) is 0 Å². The second-order valence-corrected chi connectivity index (χ2v) is 11.2. The third-order valence-electron chi connectivity index (χ3n) is 7.36. The average Bonchev–Trinajstić information content (AvgIpc) is 3.60. The summed E-state index contributed by atoms with van der Waals surface area (Å²) in [6.07, 6.45) is 0.713. The third-order valence-corrected chi connectivity index (χ3v) is 8.36. The van der Waals surface area contributed by atoms with Gasteiger partial charge in [-0.1, -0.05) is 23.5 Å². The van der Waals surface area contributed by atoms with Gasteiger partial charge in [0, 0.05) is 12.0 Å². The zero-order valence-corrected chi connectivity index (χ0v) is 23.6. The number of hydrogen-bond acceptors (Lipinski definition) is 8. The molecule has 6 rings (SSSR count). The number of hydrogen-bond donors (Lipinski definition) is 1. The van der Waals surface area contributed by atoms with E-state index in [9.17, 15) is 14.7 Å². The van der Waals surface area contributed by atoms with Gasteiger partial charge in [0.05, 0.1) is 36.1 Å². The van der Waals surface area contributed by atoms with Gasteiger partial charge >= 0.3 is 5.91 Å². The fraction of sp³-hybridized carbons (Fsp3) is 0.258. The molecular formula is C31H28N2O6S. The zero-order chi connectivity index (χ0) is 28.3. The minimum atomic E-state index is -0.940. The molecule has 40 heavy (non-hydrogen) atoms. The minimum absolute atomic E-state index is 0.0173. The molecule has 4 aromatic rings. The highest BCUT2D eigenvalue weighted by atomic mass is 32.1. The summed E-state index contributed by atoms with van der Waals surface area (Å²) in [4.78, 5) is 33.5. The number of amides is 1. The second-order valence-electron chi connectivity index (χ2n) is 10.2. The molecule has 0 radical (unpaired) electrons. The molecule has 2 aliphatic rings. The summed E-state index contributed by atoms with van der Waals surface area (Å²) in [6, 6.07) is 13.6. The van der Waals surface area contributed by atoms with Gasteiger partial charge in [-0.2, -0.15) is 0 Å². The Morgan fingerprint density at radius 3 is 2.58 bits per heavy atom. The smallest absolute Gasteiger partial charge is 0.301 e. The highest BCUT2D eigenvalue weighted by Crippen LogP contribution is 2.46. The van der Waals surface area contributed by atoms with Crippen LogP contribution in [0.2, 0.25) is 0 Å². The van der Waals surface area contributed by atoms with E-state index in [1.807, 2.05) is 39.0 Å². The van der Waals surface area contributed by atoms with Gasteiger partial charge in [-0.05, 0) is 79.4 Å². The number of Topliss-reactive ketones (excluding diaryl/α,β-unsaturated/α-hetero) is 1. The molecule has 1 saturated heterocycles. The number of ketones is 1. The summed E-state index contributed by atoms with van der Waals surface area (Å²) in [7, 11) is 3.05. The maximum Gasteiger partial charge on any atom is 0.301 e. The fourth-order valence-corrected chi connectivity index (χ4v) is 6.72. The van der Waals surface area contributed by atoms with Gasteiger partial charge in [-0.3, -0.25) is 14.5 Å². The van der Waals surface area contributed by atoms with Crippen molar-refractivity contribution in [3.05, 3.63) is 81.9 Å². The number of fused-ring (bicyclic) bond motifs is 2. The fourth-order valence-electron chi connectivity index (χ4n) is 5.55. The maximum atomic E-state index is 13.7. The summed E-state index contributed by atoms with van der Waals surface area (Å²) >= 11 is 1.34. The van der Waals surface area contributed by atoms with Crippen LogP contribution in [0, 0.1) is 13.8 Å². The Hall–Kier alpha value is -4.37. The number of nitrogens with zero attached hydrogens (tertiary/aromatic N) is 2. The molecule has 1 aromatic heterocycles. The van der Waals surface area contributed by atoms with Gasteiger partial charge in [0.2, 0.25) is 0 Å². The number of aryl methyl sites for hydroxylation is 2. The summed E-state index contributed by atoms with van der Waals surface area (Å²) in [5, 5.41) is 12.0. The van der Waals surface area contributed by atoms with E-state index in [1.165, 1.54) is 30.5 Å². The Kier molecular flexibility index (Phi) is 6.26. The lowest BCUT2D eigenvalue weighted by molar-refractivity contribution is -0.132.